The minimum absolute atomic E-state index is 0. The lowest BCUT2D eigenvalue weighted by atomic mass is 9.87. The summed E-state index contributed by atoms with van der Waals surface area (Å²) in [7, 11) is 4.81. The standard InChI is InChI=1S/C35H41NO6.ClH/c1-37-32-20-26(21-33(38-2)35(32)39-3)23-40-17-6-18-41-30-13-11-28(12-14-30)31-15-16-36-22-34(31)42-24-25-9-10-27-7-4-5-8-29(27)19-25;/h4-5,7-14,19-21,31,34,36H,6,15-18,22-24H2,1-3H3;1H. The van der Waals surface area contributed by atoms with Gasteiger partial charge in [-0.05, 0) is 70.8 Å². The molecule has 0 amide bonds. The Kier molecular flexibility index (Phi) is 12.4. The number of ether oxygens (including phenoxy) is 6. The monoisotopic (exact) mass is 607 g/mol. The molecule has 2 atom stereocenters. The summed E-state index contributed by atoms with van der Waals surface area (Å²) in [4.78, 5) is 0. The number of halogens is 1. The molecule has 1 aliphatic rings. The zero-order chi connectivity index (χ0) is 29.1. The second-order valence-electron chi connectivity index (χ2n) is 10.5. The lowest BCUT2D eigenvalue weighted by molar-refractivity contribution is 0.0106. The Balaban J connectivity index is 0.00000423. The summed E-state index contributed by atoms with van der Waals surface area (Å²) in [5.41, 5.74) is 3.45. The van der Waals surface area contributed by atoms with E-state index in [-0.39, 0.29) is 18.5 Å². The minimum atomic E-state index is 0. The van der Waals surface area contributed by atoms with E-state index >= 15 is 0 Å². The van der Waals surface area contributed by atoms with E-state index in [1.165, 1.54) is 21.9 Å². The summed E-state index contributed by atoms with van der Waals surface area (Å²) in [6, 6.07) is 27.3. The molecule has 0 bridgehead atoms. The van der Waals surface area contributed by atoms with E-state index in [1.807, 2.05) is 12.1 Å². The maximum Gasteiger partial charge on any atom is 0.203 e. The van der Waals surface area contributed by atoms with Crippen LogP contribution in [0, 0.1) is 0 Å². The van der Waals surface area contributed by atoms with Crippen molar-refractivity contribution in [2.45, 2.75) is 38.1 Å². The molecular formula is C35H42ClNO6. The van der Waals surface area contributed by atoms with Crippen LogP contribution in [0.2, 0.25) is 0 Å². The molecule has 1 fully saturated rings. The van der Waals surface area contributed by atoms with Gasteiger partial charge in [0.25, 0.3) is 0 Å². The highest BCUT2D eigenvalue weighted by Gasteiger charge is 2.27. The van der Waals surface area contributed by atoms with Gasteiger partial charge in [-0.15, -0.1) is 12.4 Å². The maximum absolute atomic E-state index is 6.46. The Morgan fingerprint density at radius 3 is 2.21 bits per heavy atom. The summed E-state index contributed by atoms with van der Waals surface area (Å²) in [5, 5.41) is 6.01. The summed E-state index contributed by atoms with van der Waals surface area (Å²) in [6.45, 7) is 4.07. The van der Waals surface area contributed by atoms with E-state index in [1.54, 1.807) is 21.3 Å². The van der Waals surface area contributed by atoms with E-state index in [0.29, 0.717) is 49.6 Å². The number of benzene rings is 4. The molecule has 1 saturated heterocycles. The summed E-state index contributed by atoms with van der Waals surface area (Å²) >= 11 is 0. The molecule has 8 heteroatoms. The second-order valence-corrected chi connectivity index (χ2v) is 10.5. The molecule has 4 aromatic rings. The van der Waals surface area contributed by atoms with Gasteiger partial charge < -0.3 is 33.7 Å². The van der Waals surface area contributed by atoms with Crippen molar-refractivity contribution < 1.29 is 28.4 Å². The molecule has 2 unspecified atom stereocenters. The first kappa shape index (κ1) is 32.4. The molecule has 230 valence electrons. The van der Waals surface area contributed by atoms with Crippen LogP contribution in [0.5, 0.6) is 23.0 Å². The lowest BCUT2D eigenvalue weighted by Crippen LogP contribution is -2.40. The quantitative estimate of drug-likeness (QED) is 0.156. The Hall–Kier alpha value is -3.49. The summed E-state index contributed by atoms with van der Waals surface area (Å²) < 4.78 is 34.5. The van der Waals surface area contributed by atoms with Gasteiger partial charge >= 0.3 is 0 Å². The van der Waals surface area contributed by atoms with Gasteiger partial charge in [0.15, 0.2) is 11.5 Å². The minimum Gasteiger partial charge on any atom is -0.494 e. The molecule has 43 heavy (non-hydrogen) atoms. The van der Waals surface area contributed by atoms with Crippen molar-refractivity contribution in [3.05, 3.63) is 95.6 Å². The molecule has 0 aromatic heterocycles. The zero-order valence-corrected chi connectivity index (χ0v) is 26.0. The van der Waals surface area contributed by atoms with Gasteiger partial charge in [-0.2, -0.15) is 0 Å². The molecule has 7 nitrogen and oxygen atoms in total. The number of hydrogen-bond donors (Lipinski definition) is 1. The van der Waals surface area contributed by atoms with Crippen LogP contribution in [0.1, 0.15) is 35.4 Å². The van der Waals surface area contributed by atoms with Gasteiger partial charge in [-0.25, -0.2) is 0 Å². The van der Waals surface area contributed by atoms with Crippen LogP contribution >= 0.6 is 12.4 Å². The molecule has 0 radical (unpaired) electrons. The van der Waals surface area contributed by atoms with E-state index in [4.69, 9.17) is 28.4 Å². The third-order valence-corrected chi connectivity index (χ3v) is 7.71. The third-order valence-electron chi connectivity index (χ3n) is 7.71. The van der Waals surface area contributed by atoms with Crippen molar-refractivity contribution in [1.82, 2.24) is 5.32 Å². The van der Waals surface area contributed by atoms with Gasteiger partial charge in [0, 0.05) is 18.9 Å². The summed E-state index contributed by atoms with van der Waals surface area (Å²) in [6.07, 6.45) is 1.96. The van der Waals surface area contributed by atoms with Crippen molar-refractivity contribution in [1.29, 1.82) is 0 Å². The average molecular weight is 608 g/mol. The number of fused-ring (bicyclic) bond motifs is 1. The normalized spacial score (nSPS) is 16.3. The van der Waals surface area contributed by atoms with E-state index in [2.05, 4.69) is 72.0 Å². The largest absolute Gasteiger partial charge is 0.494 e. The Morgan fingerprint density at radius 2 is 1.49 bits per heavy atom. The van der Waals surface area contributed by atoms with Crippen molar-refractivity contribution in [2.75, 3.05) is 47.6 Å². The van der Waals surface area contributed by atoms with Crippen LogP contribution in [0.25, 0.3) is 10.8 Å². The van der Waals surface area contributed by atoms with Crippen LogP contribution in [0.15, 0.2) is 78.9 Å². The van der Waals surface area contributed by atoms with Crippen LogP contribution in [0.4, 0.5) is 0 Å². The molecule has 0 saturated carbocycles. The first-order valence-electron chi connectivity index (χ1n) is 14.6. The van der Waals surface area contributed by atoms with Gasteiger partial charge in [0.05, 0.1) is 53.9 Å². The molecule has 0 spiro atoms. The smallest absolute Gasteiger partial charge is 0.203 e. The van der Waals surface area contributed by atoms with Crippen LogP contribution in [-0.2, 0) is 22.7 Å². The van der Waals surface area contributed by atoms with E-state index in [0.717, 1.165) is 37.2 Å². The predicted octanol–water partition coefficient (Wildman–Crippen LogP) is 6.94. The van der Waals surface area contributed by atoms with Crippen LogP contribution < -0.4 is 24.3 Å². The van der Waals surface area contributed by atoms with Gasteiger partial charge in [0.2, 0.25) is 5.75 Å². The Bertz CT molecular complexity index is 1400. The molecule has 5 rings (SSSR count). The Morgan fingerprint density at radius 1 is 0.744 bits per heavy atom. The van der Waals surface area contributed by atoms with Gasteiger partial charge in [-0.1, -0.05) is 48.5 Å². The topological polar surface area (TPSA) is 67.4 Å². The number of rotatable bonds is 14. The average Bonchev–Trinajstić information content (AvgIpc) is 3.05. The second kappa shape index (κ2) is 16.4. The van der Waals surface area contributed by atoms with Crippen molar-refractivity contribution >= 4 is 23.2 Å². The molecule has 4 aromatic carbocycles. The number of nitrogens with one attached hydrogen (secondary N) is 1. The Labute approximate surface area is 260 Å². The molecule has 0 aliphatic carbocycles. The fourth-order valence-electron chi connectivity index (χ4n) is 5.49. The molecule has 1 aliphatic heterocycles. The first-order chi connectivity index (χ1) is 20.7. The predicted molar refractivity (Wildman–Crippen MR) is 172 cm³/mol. The van der Waals surface area contributed by atoms with Gasteiger partial charge in [-0.3, -0.25) is 0 Å². The van der Waals surface area contributed by atoms with Gasteiger partial charge in [0.1, 0.15) is 5.75 Å². The fourth-order valence-corrected chi connectivity index (χ4v) is 5.49. The van der Waals surface area contributed by atoms with E-state index < -0.39 is 0 Å². The number of piperidine rings is 1. The maximum atomic E-state index is 6.46. The van der Waals surface area contributed by atoms with Crippen molar-refractivity contribution in [2.24, 2.45) is 0 Å². The van der Waals surface area contributed by atoms with E-state index in [9.17, 15) is 0 Å². The summed E-state index contributed by atoms with van der Waals surface area (Å²) in [5.74, 6) is 3.03. The third kappa shape index (κ3) is 8.54. The van der Waals surface area contributed by atoms with Crippen molar-refractivity contribution in [3.63, 3.8) is 0 Å². The van der Waals surface area contributed by atoms with Crippen molar-refractivity contribution in [3.8, 4) is 23.0 Å². The fraction of sp³-hybridized carbons (Fsp3) is 0.371. The molecular weight excluding hydrogens is 566 g/mol. The highest BCUT2D eigenvalue weighted by Crippen LogP contribution is 2.38. The lowest BCUT2D eigenvalue weighted by Gasteiger charge is -2.32. The molecule has 1 N–H and O–H groups in total. The number of hydrogen-bond acceptors (Lipinski definition) is 7. The van der Waals surface area contributed by atoms with Crippen LogP contribution in [-0.4, -0.2) is 53.7 Å². The number of methoxy groups -OCH3 is 3. The van der Waals surface area contributed by atoms with Crippen LogP contribution in [0.3, 0.4) is 0 Å². The first-order valence-corrected chi connectivity index (χ1v) is 14.6. The SMILES string of the molecule is COc1cc(COCCCOc2ccc(C3CCNCC3OCc3ccc4ccccc4c3)cc2)cc(OC)c1OC.Cl. The zero-order valence-electron chi connectivity index (χ0n) is 25.2. The molecule has 1 heterocycles. The highest BCUT2D eigenvalue weighted by molar-refractivity contribution is 5.85. The highest BCUT2D eigenvalue weighted by atomic mass is 35.5.